The number of rotatable bonds is 3. The third kappa shape index (κ3) is 2.91. The molecule has 0 radical (unpaired) electrons. The Balaban J connectivity index is 1.53. The smallest absolute Gasteiger partial charge is 0.257 e. The number of aromatic nitrogens is 4. The molecule has 0 atom stereocenters. The third-order valence-corrected chi connectivity index (χ3v) is 3.38. The van der Waals surface area contributed by atoms with Crippen molar-refractivity contribution in [1.29, 1.82) is 0 Å². The van der Waals surface area contributed by atoms with E-state index in [4.69, 9.17) is 4.42 Å². The maximum Gasteiger partial charge on any atom is 0.257 e. The van der Waals surface area contributed by atoms with Gasteiger partial charge in [-0.25, -0.2) is 4.68 Å². The van der Waals surface area contributed by atoms with Crippen LogP contribution in [0.3, 0.4) is 0 Å². The highest BCUT2D eigenvalue weighted by Gasteiger charge is 2.25. The molecular formula is C12H14N6O3. The van der Waals surface area contributed by atoms with Gasteiger partial charge in [-0.05, 0) is 16.5 Å². The molecule has 110 valence electrons. The zero-order valence-electron chi connectivity index (χ0n) is 11.3. The molecule has 1 aliphatic heterocycles. The van der Waals surface area contributed by atoms with Gasteiger partial charge in [0.15, 0.2) is 0 Å². The predicted molar refractivity (Wildman–Crippen MR) is 69.0 cm³/mol. The van der Waals surface area contributed by atoms with E-state index in [-0.39, 0.29) is 18.4 Å². The fourth-order valence-electron chi connectivity index (χ4n) is 2.22. The molecule has 0 N–H and O–H groups in total. The first-order chi connectivity index (χ1) is 10.2. The Bertz CT molecular complexity index is 601. The summed E-state index contributed by atoms with van der Waals surface area (Å²) < 4.78 is 6.29. The summed E-state index contributed by atoms with van der Waals surface area (Å²) in [6.07, 6.45) is 4.30. The maximum atomic E-state index is 12.1. The summed E-state index contributed by atoms with van der Waals surface area (Å²) in [5.74, 6) is -0.131. The van der Waals surface area contributed by atoms with Crippen LogP contribution in [0.5, 0.6) is 0 Å². The number of piperazine rings is 1. The van der Waals surface area contributed by atoms with Gasteiger partial charge in [0.05, 0.1) is 11.8 Å². The van der Waals surface area contributed by atoms with E-state index in [1.807, 2.05) is 0 Å². The molecule has 0 unspecified atom stereocenters. The van der Waals surface area contributed by atoms with Crippen LogP contribution in [0.15, 0.2) is 29.3 Å². The highest BCUT2D eigenvalue weighted by atomic mass is 16.3. The number of hydrogen-bond acceptors (Lipinski definition) is 6. The zero-order valence-corrected chi connectivity index (χ0v) is 11.3. The van der Waals surface area contributed by atoms with Crippen LogP contribution in [0.25, 0.3) is 0 Å². The number of carbonyl (C=O) groups is 2. The van der Waals surface area contributed by atoms with Crippen LogP contribution < -0.4 is 0 Å². The van der Waals surface area contributed by atoms with E-state index >= 15 is 0 Å². The predicted octanol–water partition coefficient (Wildman–Crippen LogP) is -0.749. The van der Waals surface area contributed by atoms with Crippen molar-refractivity contribution in [3.05, 3.63) is 30.5 Å². The minimum Gasteiger partial charge on any atom is -0.472 e. The standard InChI is InChI=1S/C12H14N6O3/c19-11(7-18-9-13-14-15-18)16-2-4-17(5-3-16)12(20)10-1-6-21-8-10/h1,6,8-9H,2-5,7H2. The van der Waals surface area contributed by atoms with Crippen LogP contribution in [0.4, 0.5) is 0 Å². The molecule has 3 rings (SSSR count). The molecule has 0 aromatic carbocycles. The van der Waals surface area contributed by atoms with Crippen molar-refractivity contribution >= 4 is 11.8 Å². The summed E-state index contributed by atoms with van der Waals surface area (Å²) >= 11 is 0. The molecule has 0 bridgehead atoms. The van der Waals surface area contributed by atoms with Crippen LogP contribution >= 0.6 is 0 Å². The van der Waals surface area contributed by atoms with Gasteiger partial charge < -0.3 is 14.2 Å². The average molecular weight is 290 g/mol. The molecule has 0 aliphatic carbocycles. The SMILES string of the molecule is O=C(Cn1cnnn1)N1CCN(C(=O)c2ccoc2)CC1. The lowest BCUT2D eigenvalue weighted by molar-refractivity contribution is -0.133. The molecule has 3 heterocycles. The van der Waals surface area contributed by atoms with Crippen molar-refractivity contribution in [2.45, 2.75) is 6.54 Å². The van der Waals surface area contributed by atoms with E-state index in [2.05, 4.69) is 15.5 Å². The fraction of sp³-hybridized carbons (Fsp3) is 0.417. The molecule has 2 aromatic heterocycles. The molecular weight excluding hydrogens is 276 g/mol. The second-order valence-corrected chi connectivity index (χ2v) is 4.69. The normalized spacial score (nSPS) is 15.2. The Hall–Kier alpha value is -2.71. The molecule has 1 saturated heterocycles. The number of carbonyl (C=O) groups excluding carboxylic acids is 2. The molecule has 1 fully saturated rings. The quantitative estimate of drug-likeness (QED) is 0.738. The van der Waals surface area contributed by atoms with Crippen molar-refractivity contribution in [2.24, 2.45) is 0 Å². The van der Waals surface area contributed by atoms with E-state index in [1.165, 1.54) is 23.5 Å². The molecule has 0 spiro atoms. The van der Waals surface area contributed by atoms with Gasteiger partial charge in [0, 0.05) is 26.2 Å². The van der Waals surface area contributed by atoms with E-state index < -0.39 is 0 Å². The monoisotopic (exact) mass is 290 g/mol. The minimum atomic E-state index is -0.0728. The van der Waals surface area contributed by atoms with Gasteiger partial charge in [-0.1, -0.05) is 0 Å². The van der Waals surface area contributed by atoms with E-state index in [1.54, 1.807) is 15.9 Å². The second kappa shape index (κ2) is 5.73. The van der Waals surface area contributed by atoms with Gasteiger partial charge >= 0.3 is 0 Å². The van der Waals surface area contributed by atoms with E-state index in [9.17, 15) is 9.59 Å². The van der Waals surface area contributed by atoms with Crippen LogP contribution in [-0.2, 0) is 11.3 Å². The number of tetrazole rings is 1. The molecule has 9 nitrogen and oxygen atoms in total. The highest BCUT2D eigenvalue weighted by Crippen LogP contribution is 2.09. The maximum absolute atomic E-state index is 12.1. The summed E-state index contributed by atoms with van der Waals surface area (Å²) in [6.45, 7) is 2.13. The summed E-state index contributed by atoms with van der Waals surface area (Å²) in [4.78, 5) is 27.6. The van der Waals surface area contributed by atoms with Crippen LogP contribution in [0.1, 0.15) is 10.4 Å². The van der Waals surface area contributed by atoms with E-state index in [0.717, 1.165) is 0 Å². The van der Waals surface area contributed by atoms with Gasteiger partial charge in [-0.3, -0.25) is 9.59 Å². The van der Waals surface area contributed by atoms with Crippen molar-refractivity contribution in [3.63, 3.8) is 0 Å². The largest absolute Gasteiger partial charge is 0.472 e. The summed E-state index contributed by atoms with van der Waals surface area (Å²) in [5, 5.41) is 10.6. The van der Waals surface area contributed by atoms with Gasteiger partial charge in [0.2, 0.25) is 5.91 Å². The number of hydrogen-bond donors (Lipinski definition) is 0. The average Bonchev–Trinajstić information content (AvgIpc) is 3.20. The van der Waals surface area contributed by atoms with Crippen molar-refractivity contribution in [2.75, 3.05) is 26.2 Å². The van der Waals surface area contributed by atoms with Gasteiger partial charge in [-0.15, -0.1) is 5.10 Å². The van der Waals surface area contributed by atoms with E-state index in [0.29, 0.717) is 31.7 Å². The Labute approximate surface area is 120 Å². The Morgan fingerprint density at radius 3 is 2.57 bits per heavy atom. The molecule has 0 saturated carbocycles. The Kier molecular flexibility index (Phi) is 3.63. The third-order valence-electron chi connectivity index (χ3n) is 3.38. The van der Waals surface area contributed by atoms with Gasteiger partial charge in [0.25, 0.3) is 5.91 Å². The number of nitrogens with zero attached hydrogens (tertiary/aromatic N) is 6. The van der Waals surface area contributed by atoms with Crippen molar-refractivity contribution in [1.82, 2.24) is 30.0 Å². The molecule has 2 amide bonds. The first-order valence-electron chi connectivity index (χ1n) is 6.54. The molecule has 1 aliphatic rings. The Morgan fingerprint density at radius 1 is 1.19 bits per heavy atom. The summed E-state index contributed by atoms with van der Waals surface area (Å²) in [6, 6.07) is 1.64. The van der Waals surface area contributed by atoms with Gasteiger partial charge in [-0.2, -0.15) is 0 Å². The lowest BCUT2D eigenvalue weighted by Crippen LogP contribution is -2.51. The fourth-order valence-corrected chi connectivity index (χ4v) is 2.22. The van der Waals surface area contributed by atoms with Crippen LogP contribution in [0.2, 0.25) is 0 Å². The minimum absolute atomic E-state index is 0.0577. The number of furan rings is 1. The molecule has 2 aromatic rings. The zero-order chi connectivity index (χ0) is 14.7. The van der Waals surface area contributed by atoms with Crippen LogP contribution in [0, 0.1) is 0 Å². The lowest BCUT2D eigenvalue weighted by Gasteiger charge is -2.34. The van der Waals surface area contributed by atoms with Crippen LogP contribution in [-0.4, -0.2) is 68.0 Å². The molecule has 9 heteroatoms. The molecule has 21 heavy (non-hydrogen) atoms. The van der Waals surface area contributed by atoms with Crippen molar-refractivity contribution in [3.8, 4) is 0 Å². The van der Waals surface area contributed by atoms with Crippen molar-refractivity contribution < 1.29 is 14.0 Å². The first kappa shape index (κ1) is 13.3. The topological polar surface area (TPSA) is 97.4 Å². The number of amides is 2. The summed E-state index contributed by atoms with van der Waals surface area (Å²) in [5.41, 5.74) is 0.531. The Morgan fingerprint density at radius 2 is 1.95 bits per heavy atom. The highest BCUT2D eigenvalue weighted by molar-refractivity contribution is 5.94. The first-order valence-corrected chi connectivity index (χ1v) is 6.54. The lowest BCUT2D eigenvalue weighted by atomic mass is 10.2. The summed E-state index contributed by atoms with van der Waals surface area (Å²) in [7, 11) is 0. The second-order valence-electron chi connectivity index (χ2n) is 4.69. The van der Waals surface area contributed by atoms with Gasteiger partial charge in [0.1, 0.15) is 19.1 Å².